The summed E-state index contributed by atoms with van der Waals surface area (Å²) >= 11 is 0. The first-order valence-electron chi connectivity index (χ1n) is 12.3. The molecule has 2 N–H and O–H groups in total. The van der Waals surface area contributed by atoms with Gasteiger partial charge < -0.3 is 15.2 Å². The Hall–Kier alpha value is -3.70. The molecular weight excluding hydrogens is 453 g/mol. The van der Waals surface area contributed by atoms with E-state index in [9.17, 15) is 9.18 Å². The zero-order valence-electron chi connectivity index (χ0n) is 20.9. The van der Waals surface area contributed by atoms with Crippen LogP contribution in [0.25, 0.3) is 21.9 Å². The lowest BCUT2D eigenvalue weighted by molar-refractivity contribution is -0.136. The molecule has 0 aliphatic rings. The smallest absolute Gasteiger partial charge is 0.303 e. The molecule has 0 radical (unpaired) electrons. The maximum Gasteiger partial charge on any atom is 0.303 e. The third-order valence-electron chi connectivity index (χ3n) is 6.70. The molecule has 4 nitrogen and oxygen atoms in total. The number of benzene rings is 4. The second kappa shape index (κ2) is 11.4. The minimum Gasteiger partial charge on any atom is -0.497 e. The number of aryl methyl sites for hydroxylation is 1. The van der Waals surface area contributed by atoms with E-state index in [-0.39, 0.29) is 30.7 Å². The molecule has 0 aliphatic carbocycles. The van der Waals surface area contributed by atoms with Crippen LogP contribution in [0.2, 0.25) is 0 Å². The van der Waals surface area contributed by atoms with Gasteiger partial charge in [-0.1, -0.05) is 49.4 Å². The number of ether oxygens (including phenoxy) is 1. The molecule has 0 aliphatic heterocycles. The van der Waals surface area contributed by atoms with Crippen molar-refractivity contribution in [2.24, 2.45) is 0 Å². The zero-order chi connectivity index (χ0) is 25.7. The number of carboxylic acids is 1. The zero-order valence-corrected chi connectivity index (χ0v) is 20.9. The fourth-order valence-corrected chi connectivity index (χ4v) is 4.71. The molecule has 186 valence electrons. The molecule has 0 aromatic heterocycles. The lowest BCUT2D eigenvalue weighted by atomic mass is 9.91. The molecule has 0 amide bonds. The van der Waals surface area contributed by atoms with E-state index < -0.39 is 5.97 Å². The largest absolute Gasteiger partial charge is 0.497 e. The van der Waals surface area contributed by atoms with Crippen LogP contribution < -0.4 is 10.1 Å². The van der Waals surface area contributed by atoms with Crippen molar-refractivity contribution < 1.29 is 19.0 Å². The van der Waals surface area contributed by atoms with Crippen molar-refractivity contribution in [3.8, 4) is 16.9 Å². The van der Waals surface area contributed by atoms with Crippen LogP contribution in [0.4, 0.5) is 4.39 Å². The number of rotatable bonds is 10. The third kappa shape index (κ3) is 5.74. The van der Waals surface area contributed by atoms with Crippen LogP contribution in [0.5, 0.6) is 5.75 Å². The highest BCUT2D eigenvalue weighted by molar-refractivity contribution is 5.97. The second-order valence-electron chi connectivity index (χ2n) is 9.12. The highest BCUT2D eigenvalue weighted by atomic mass is 19.1. The Bertz CT molecular complexity index is 1370. The normalized spacial score (nSPS) is 12.9. The Labute approximate surface area is 211 Å². The molecule has 4 rings (SSSR count). The molecule has 0 fully saturated rings. The predicted molar refractivity (Wildman–Crippen MR) is 143 cm³/mol. The minimum atomic E-state index is -0.936. The number of fused-ring (bicyclic) bond motifs is 1. The van der Waals surface area contributed by atoms with Gasteiger partial charge in [-0.2, -0.15) is 0 Å². The van der Waals surface area contributed by atoms with Gasteiger partial charge in [0.05, 0.1) is 7.11 Å². The summed E-state index contributed by atoms with van der Waals surface area (Å²) in [7, 11) is 1.67. The van der Waals surface area contributed by atoms with E-state index in [4.69, 9.17) is 9.84 Å². The monoisotopic (exact) mass is 485 g/mol. The molecule has 5 heteroatoms. The topological polar surface area (TPSA) is 58.6 Å². The highest BCUT2D eigenvalue weighted by Crippen LogP contribution is 2.35. The van der Waals surface area contributed by atoms with Crippen LogP contribution in [0.3, 0.4) is 0 Å². The van der Waals surface area contributed by atoms with Gasteiger partial charge in [0.25, 0.3) is 0 Å². The number of carbonyl (C=O) groups is 1. The summed E-state index contributed by atoms with van der Waals surface area (Å²) in [5.74, 6) is -0.479. The summed E-state index contributed by atoms with van der Waals surface area (Å²) in [6.45, 7) is 4.31. The average Bonchev–Trinajstić information content (AvgIpc) is 2.90. The number of hydrogen-bond acceptors (Lipinski definition) is 3. The first-order valence-corrected chi connectivity index (χ1v) is 12.3. The van der Waals surface area contributed by atoms with Gasteiger partial charge in [-0.05, 0) is 94.8 Å². The number of carboxylic acid groups (broad SMARTS) is 1. The van der Waals surface area contributed by atoms with Crippen molar-refractivity contribution in [1.82, 2.24) is 5.32 Å². The lowest BCUT2D eigenvalue weighted by Crippen LogP contribution is -2.24. The van der Waals surface area contributed by atoms with E-state index in [2.05, 4.69) is 49.5 Å². The van der Waals surface area contributed by atoms with Crippen molar-refractivity contribution >= 4 is 16.7 Å². The van der Waals surface area contributed by atoms with Gasteiger partial charge in [-0.15, -0.1) is 0 Å². The molecule has 2 atom stereocenters. The Morgan fingerprint density at radius 3 is 2.56 bits per heavy atom. The van der Waals surface area contributed by atoms with E-state index in [1.54, 1.807) is 19.2 Å². The quantitative estimate of drug-likeness (QED) is 0.245. The average molecular weight is 486 g/mol. The van der Waals surface area contributed by atoms with Gasteiger partial charge in [0, 0.05) is 18.5 Å². The SMILES string of the molecule is CCC(N[C@H](C)c1cccc(OC)c1)c1cc(-c2ccc(F)c(CCC(=O)O)c2)c2ccccc2c1. The van der Waals surface area contributed by atoms with Crippen molar-refractivity contribution in [3.05, 3.63) is 101 Å². The summed E-state index contributed by atoms with van der Waals surface area (Å²) in [4.78, 5) is 11.1. The van der Waals surface area contributed by atoms with Crippen LogP contribution in [-0.2, 0) is 11.2 Å². The standard InChI is InChI=1S/C31H32FNO3/c1-4-30(33-20(2)21-9-7-10-26(18-21)36-3)25-17-22-8-5-6-11-27(22)28(19-25)23-12-14-29(32)24(16-23)13-15-31(34)35/h5-12,14,16-20,30,33H,4,13,15H2,1-3H3,(H,34,35)/t20-,30?/m1/s1. The van der Waals surface area contributed by atoms with Crippen molar-refractivity contribution in [2.75, 3.05) is 7.11 Å². The van der Waals surface area contributed by atoms with Crippen LogP contribution in [-0.4, -0.2) is 18.2 Å². The molecule has 36 heavy (non-hydrogen) atoms. The van der Waals surface area contributed by atoms with Crippen molar-refractivity contribution in [2.45, 2.75) is 45.2 Å². The minimum absolute atomic E-state index is 0.0986. The molecule has 0 bridgehead atoms. The molecule has 0 spiro atoms. The van der Waals surface area contributed by atoms with E-state index in [0.29, 0.717) is 5.56 Å². The Balaban J connectivity index is 1.73. The fourth-order valence-electron chi connectivity index (χ4n) is 4.71. The van der Waals surface area contributed by atoms with E-state index in [1.807, 2.05) is 30.3 Å². The van der Waals surface area contributed by atoms with Gasteiger partial charge in [0.15, 0.2) is 0 Å². The maximum absolute atomic E-state index is 14.5. The van der Waals surface area contributed by atoms with Crippen LogP contribution in [0, 0.1) is 5.82 Å². The molecular formula is C31H32FNO3. The van der Waals surface area contributed by atoms with E-state index >= 15 is 0 Å². The first-order chi connectivity index (χ1) is 17.4. The van der Waals surface area contributed by atoms with Gasteiger partial charge in [-0.3, -0.25) is 4.79 Å². The van der Waals surface area contributed by atoms with Gasteiger partial charge in [0.2, 0.25) is 0 Å². The summed E-state index contributed by atoms with van der Waals surface area (Å²) in [5.41, 5.74) is 4.61. The Morgan fingerprint density at radius 2 is 1.81 bits per heavy atom. The second-order valence-corrected chi connectivity index (χ2v) is 9.12. The van der Waals surface area contributed by atoms with Gasteiger partial charge in [0.1, 0.15) is 11.6 Å². The van der Waals surface area contributed by atoms with Crippen molar-refractivity contribution in [1.29, 1.82) is 0 Å². The van der Waals surface area contributed by atoms with Crippen LogP contribution in [0.15, 0.2) is 78.9 Å². The maximum atomic E-state index is 14.5. The Morgan fingerprint density at radius 1 is 1.00 bits per heavy atom. The fraction of sp³-hybridized carbons (Fsp3) is 0.258. The van der Waals surface area contributed by atoms with Crippen molar-refractivity contribution in [3.63, 3.8) is 0 Å². The number of hydrogen-bond donors (Lipinski definition) is 2. The van der Waals surface area contributed by atoms with Crippen LogP contribution in [0.1, 0.15) is 55.5 Å². The summed E-state index contributed by atoms with van der Waals surface area (Å²) < 4.78 is 19.9. The van der Waals surface area contributed by atoms with E-state index in [1.165, 1.54) is 6.07 Å². The lowest BCUT2D eigenvalue weighted by Gasteiger charge is -2.25. The molecule has 0 saturated carbocycles. The highest BCUT2D eigenvalue weighted by Gasteiger charge is 2.18. The summed E-state index contributed by atoms with van der Waals surface area (Å²) in [6, 6.07) is 25.9. The summed E-state index contributed by atoms with van der Waals surface area (Å²) in [6.07, 6.45) is 0.939. The van der Waals surface area contributed by atoms with Gasteiger partial charge in [-0.25, -0.2) is 4.39 Å². The summed E-state index contributed by atoms with van der Waals surface area (Å²) in [5, 5.41) is 15.0. The number of halogens is 1. The number of methoxy groups -OCH3 is 1. The molecule has 4 aromatic carbocycles. The Kier molecular flexibility index (Phi) is 8.01. The molecule has 4 aromatic rings. The number of nitrogens with one attached hydrogen (secondary N) is 1. The third-order valence-corrected chi connectivity index (χ3v) is 6.70. The van der Waals surface area contributed by atoms with Crippen LogP contribution >= 0.6 is 0 Å². The molecule has 1 unspecified atom stereocenters. The molecule has 0 heterocycles. The van der Waals surface area contributed by atoms with E-state index in [0.717, 1.165) is 45.2 Å². The predicted octanol–water partition coefficient (Wildman–Crippen LogP) is 7.47. The van der Waals surface area contributed by atoms with Gasteiger partial charge >= 0.3 is 5.97 Å². The number of aliphatic carboxylic acids is 1. The molecule has 0 saturated heterocycles. The first kappa shape index (κ1) is 25.4.